The fourth-order valence-electron chi connectivity index (χ4n) is 3.36. The molecule has 3 rings (SSSR count). The molecule has 2 aromatic rings. The molecule has 0 aromatic heterocycles. The Morgan fingerprint density at radius 1 is 0.848 bits per heavy atom. The van der Waals surface area contributed by atoms with Crippen molar-refractivity contribution >= 4 is 29.2 Å². The molecule has 2 amide bonds. The van der Waals surface area contributed by atoms with Crippen LogP contribution in [0.2, 0.25) is 0 Å². The predicted octanol–water partition coefficient (Wildman–Crippen LogP) is 4.55. The standard InChI is InChI=1S/C25H30N2O6/c1-2-3-4-5-6-9-14-31-25(30)18-12-13-19-20(15-18)27-24(29)17-33-22-11-8-7-10-21(22)32-16-23(28)26-19/h7-8,10-13,15H,2-6,9,14,16-17H2,1H3,(H,26,28)(H,27,29). The van der Waals surface area contributed by atoms with Gasteiger partial charge in [0.05, 0.1) is 23.5 Å². The number of fused-ring (bicyclic) bond motifs is 2. The van der Waals surface area contributed by atoms with E-state index in [1.54, 1.807) is 36.4 Å². The van der Waals surface area contributed by atoms with Gasteiger partial charge in [-0.05, 0) is 36.8 Å². The Bertz CT molecular complexity index is 975. The number of para-hydroxylation sites is 2. The molecule has 0 saturated carbocycles. The number of unbranched alkanes of at least 4 members (excludes halogenated alkanes) is 5. The first-order valence-corrected chi connectivity index (χ1v) is 11.3. The van der Waals surface area contributed by atoms with Crippen molar-refractivity contribution in [3.63, 3.8) is 0 Å². The molecular formula is C25H30N2O6. The van der Waals surface area contributed by atoms with E-state index in [0.29, 0.717) is 23.8 Å². The molecule has 0 spiro atoms. The van der Waals surface area contributed by atoms with E-state index in [9.17, 15) is 14.4 Å². The highest BCUT2D eigenvalue weighted by atomic mass is 16.5. The summed E-state index contributed by atoms with van der Waals surface area (Å²) in [5, 5.41) is 5.39. The number of ether oxygens (including phenoxy) is 3. The number of amides is 2. The van der Waals surface area contributed by atoms with Crippen molar-refractivity contribution in [3.8, 4) is 11.5 Å². The number of anilines is 2. The molecule has 1 aliphatic rings. The van der Waals surface area contributed by atoms with E-state index in [-0.39, 0.29) is 24.5 Å². The Labute approximate surface area is 193 Å². The Morgan fingerprint density at radius 3 is 2.12 bits per heavy atom. The molecule has 176 valence electrons. The van der Waals surface area contributed by atoms with Gasteiger partial charge in [-0.25, -0.2) is 4.79 Å². The molecule has 0 saturated heterocycles. The number of hydrogen-bond donors (Lipinski definition) is 2. The first-order valence-electron chi connectivity index (χ1n) is 11.3. The molecule has 33 heavy (non-hydrogen) atoms. The third-order valence-corrected chi connectivity index (χ3v) is 5.10. The van der Waals surface area contributed by atoms with Crippen LogP contribution in [-0.2, 0) is 14.3 Å². The van der Waals surface area contributed by atoms with Gasteiger partial charge in [0.1, 0.15) is 0 Å². The highest BCUT2D eigenvalue weighted by molar-refractivity contribution is 6.02. The molecule has 0 atom stereocenters. The maximum Gasteiger partial charge on any atom is 0.338 e. The highest BCUT2D eigenvalue weighted by Crippen LogP contribution is 2.28. The van der Waals surface area contributed by atoms with Gasteiger partial charge >= 0.3 is 5.97 Å². The zero-order valence-corrected chi connectivity index (χ0v) is 18.9. The Morgan fingerprint density at radius 2 is 1.45 bits per heavy atom. The van der Waals surface area contributed by atoms with Crippen LogP contribution in [0.1, 0.15) is 55.8 Å². The lowest BCUT2D eigenvalue weighted by molar-refractivity contribution is -0.119. The van der Waals surface area contributed by atoms with Crippen molar-refractivity contribution in [1.29, 1.82) is 0 Å². The fraction of sp³-hybridized carbons (Fsp3) is 0.400. The van der Waals surface area contributed by atoms with Crippen LogP contribution in [0.15, 0.2) is 42.5 Å². The molecular weight excluding hydrogens is 424 g/mol. The highest BCUT2D eigenvalue weighted by Gasteiger charge is 2.17. The number of carbonyl (C=O) groups excluding carboxylic acids is 3. The lowest BCUT2D eigenvalue weighted by Gasteiger charge is -2.17. The summed E-state index contributed by atoms with van der Waals surface area (Å²) in [5.74, 6) is -0.623. The minimum absolute atomic E-state index is 0.240. The van der Waals surface area contributed by atoms with Gasteiger partial charge in [-0.1, -0.05) is 51.2 Å². The van der Waals surface area contributed by atoms with E-state index in [1.807, 2.05) is 0 Å². The molecule has 1 heterocycles. The maximum atomic E-state index is 12.5. The molecule has 0 bridgehead atoms. The second kappa shape index (κ2) is 12.5. The van der Waals surface area contributed by atoms with Crippen molar-refractivity contribution in [2.75, 3.05) is 30.5 Å². The van der Waals surface area contributed by atoms with Crippen LogP contribution in [0.25, 0.3) is 0 Å². The van der Waals surface area contributed by atoms with E-state index >= 15 is 0 Å². The lowest BCUT2D eigenvalue weighted by Crippen LogP contribution is -2.25. The number of benzene rings is 2. The second-order valence-corrected chi connectivity index (χ2v) is 7.78. The molecule has 8 nitrogen and oxygen atoms in total. The summed E-state index contributed by atoms with van der Waals surface area (Å²) >= 11 is 0. The smallest absolute Gasteiger partial charge is 0.338 e. The van der Waals surface area contributed by atoms with Gasteiger partial charge in [-0.2, -0.15) is 0 Å². The van der Waals surface area contributed by atoms with Crippen LogP contribution in [0.5, 0.6) is 11.5 Å². The van der Waals surface area contributed by atoms with E-state index < -0.39 is 17.8 Å². The molecule has 0 radical (unpaired) electrons. The summed E-state index contributed by atoms with van der Waals surface area (Å²) in [4.78, 5) is 37.3. The van der Waals surface area contributed by atoms with Gasteiger partial charge in [0.2, 0.25) is 0 Å². The Hall–Kier alpha value is -3.55. The maximum absolute atomic E-state index is 12.5. The second-order valence-electron chi connectivity index (χ2n) is 7.78. The van der Waals surface area contributed by atoms with Gasteiger partial charge in [-0.3, -0.25) is 9.59 Å². The first-order chi connectivity index (χ1) is 16.1. The van der Waals surface area contributed by atoms with Gasteiger partial charge in [0.15, 0.2) is 24.7 Å². The zero-order valence-electron chi connectivity index (χ0n) is 18.9. The van der Waals surface area contributed by atoms with Crippen LogP contribution in [0.3, 0.4) is 0 Å². The third-order valence-electron chi connectivity index (χ3n) is 5.10. The summed E-state index contributed by atoms with van der Waals surface area (Å²) in [5.41, 5.74) is 0.905. The largest absolute Gasteiger partial charge is 0.480 e. The van der Waals surface area contributed by atoms with Gasteiger partial charge in [0, 0.05) is 0 Å². The zero-order chi connectivity index (χ0) is 23.5. The van der Waals surface area contributed by atoms with Gasteiger partial charge in [-0.15, -0.1) is 0 Å². The van der Waals surface area contributed by atoms with Crippen molar-refractivity contribution in [2.24, 2.45) is 0 Å². The average molecular weight is 455 g/mol. The average Bonchev–Trinajstić information content (AvgIpc) is 2.81. The number of nitrogens with one attached hydrogen (secondary N) is 2. The van der Waals surface area contributed by atoms with Crippen LogP contribution < -0.4 is 20.1 Å². The van der Waals surface area contributed by atoms with Crippen LogP contribution in [-0.4, -0.2) is 37.6 Å². The Balaban J connectivity index is 1.65. The summed E-state index contributed by atoms with van der Waals surface area (Å²) in [7, 11) is 0. The minimum atomic E-state index is -0.480. The molecule has 0 fully saturated rings. The predicted molar refractivity (Wildman–Crippen MR) is 125 cm³/mol. The van der Waals surface area contributed by atoms with Crippen molar-refractivity contribution in [1.82, 2.24) is 0 Å². The van der Waals surface area contributed by atoms with E-state index in [4.69, 9.17) is 14.2 Å². The summed E-state index contributed by atoms with van der Waals surface area (Å²) < 4.78 is 16.4. The lowest BCUT2D eigenvalue weighted by atomic mass is 10.1. The number of hydrogen-bond acceptors (Lipinski definition) is 6. The van der Waals surface area contributed by atoms with E-state index in [1.165, 1.54) is 25.3 Å². The molecule has 8 heteroatoms. The van der Waals surface area contributed by atoms with E-state index in [2.05, 4.69) is 17.6 Å². The van der Waals surface area contributed by atoms with Crippen molar-refractivity contribution in [3.05, 3.63) is 48.0 Å². The van der Waals surface area contributed by atoms with Gasteiger partial charge in [0.25, 0.3) is 11.8 Å². The van der Waals surface area contributed by atoms with Crippen LogP contribution in [0, 0.1) is 0 Å². The summed E-state index contributed by atoms with van der Waals surface area (Å²) in [6, 6.07) is 11.4. The van der Waals surface area contributed by atoms with Crippen LogP contribution >= 0.6 is 0 Å². The van der Waals surface area contributed by atoms with Crippen LogP contribution in [0.4, 0.5) is 11.4 Å². The normalized spacial score (nSPS) is 13.6. The fourth-order valence-corrected chi connectivity index (χ4v) is 3.36. The summed E-state index contributed by atoms with van der Waals surface area (Å²) in [6.45, 7) is 2.01. The molecule has 0 aliphatic carbocycles. The number of rotatable bonds is 8. The van der Waals surface area contributed by atoms with Crippen molar-refractivity contribution < 1.29 is 28.6 Å². The first kappa shape index (κ1) is 24.1. The number of carbonyl (C=O) groups is 3. The SMILES string of the molecule is CCCCCCCCOC(=O)c1ccc2c(c1)NC(=O)COc1ccccc1OCC(=O)N2. The molecule has 0 unspecified atom stereocenters. The van der Waals surface area contributed by atoms with E-state index in [0.717, 1.165) is 19.3 Å². The number of esters is 1. The summed E-state index contributed by atoms with van der Waals surface area (Å²) in [6.07, 6.45) is 6.57. The monoisotopic (exact) mass is 454 g/mol. The Kier molecular flexibility index (Phi) is 9.11. The third kappa shape index (κ3) is 7.52. The van der Waals surface area contributed by atoms with Gasteiger partial charge < -0.3 is 24.8 Å². The van der Waals surface area contributed by atoms with Crippen molar-refractivity contribution in [2.45, 2.75) is 45.4 Å². The topological polar surface area (TPSA) is 103 Å². The molecule has 2 N–H and O–H groups in total. The molecule has 1 aliphatic heterocycles. The quantitative estimate of drug-likeness (QED) is 0.448. The molecule has 2 aromatic carbocycles. The minimum Gasteiger partial charge on any atom is -0.480 e.